The van der Waals surface area contributed by atoms with Gasteiger partial charge in [-0.05, 0) is 37.1 Å². The van der Waals surface area contributed by atoms with Crippen LogP contribution in [0.25, 0.3) is 10.2 Å². The maximum Gasteiger partial charge on any atom is 0.242 e. The normalized spacial score (nSPS) is 12.0. The number of rotatable bonds is 6. The number of hydrogen-bond acceptors (Lipinski definition) is 7. The second-order valence-corrected chi connectivity index (χ2v) is 9.26. The number of ether oxygens (including phenoxy) is 1. The predicted molar refractivity (Wildman–Crippen MR) is 128 cm³/mol. The van der Waals surface area contributed by atoms with Gasteiger partial charge in [0, 0.05) is 16.6 Å². The van der Waals surface area contributed by atoms with E-state index in [9.17, 15) is 4.79 Å². The van der Waals surface area contributed by atoms with Crippen molar-refractivity contribution in [3.05, 3.63) is 70.6 Å². The Labute approximate surface area is 188 Å². The van der Waals surface area contributed by atoms with Crippen molar-refractivity contribution in [2.24, 2.45) is 0 Å². The summed E-state index contributed by atoms with van der Waals surface area (Å²) in [6.07, 6.45) is 0. The fraction of sp³-hybridized carbons (Fsp3) is 0.174. The van der Waals surface area contributed by atoms with Crippen molar-refractivity contribution in [2.75, 3.05) is 18.2 Å². The number of fused-ring (bicyclic) bond motifs is 1. The highest BCUT2D eigenvalue weighted by atomic mass is 32.2. The average molecular weight is 451 g/mol. The van der Waals surface area contributed by atoms with Gasteiger partial charge in [0.15, 0.2) is 5.16 Å². The smallest absolute Gasteiger partial charge is 0.242 e. The number of amides is 1. The Morgan fingerprint density at radius 1 is 1.13 bits per heavy atom. The lowest BCUT2D eigenvalue weighted by Gasteiger charge is -2.17. The number of nitrogen functional groups attached to an aromatic ring is 1. The van der Waals surface area contributed by atoms with Gasteiger partial charge in [-0.25, -0.2) is 9.97 Å². The lowest BCUT2D eigenvalue weighted by atomic mass is 10.1. The van der Waals surface area contributed by atoms with Crippen LogP contribution in [0, 0.1) is 13.8 Å². The molecule has 0 saturated carbocycles. The van der Waals surface area contributed by atoms with Crippen LogP contribution in [0.1, 0.15) is 21.3 Å². The van der Waals surface area contributed by atoms with E-state index in [-0.39, 0.29) is 5.91 Å². The number of carbonyl (C=O) groups is 1. The van der Waals surface area contributed by atoms with E-state index < -0.39 is 5.25 Å². The number of methoxy groups -OCH3 is 1. The van der Waals surface area contributed by atoms with Crippen LogP contribution < -0.4 is 15.8 Å². The van der Waals surface area contributed by atoms with Crippen molar-refractivity contribution in [3.63, 3.8) is 0 Å². The van der Waals surface area contributed by atoms with Crippen LogP contribution in [0.3, 0.4) is 0 Å². The first-order valence-corrected chi connectivity index (χ1v) is 11.4. The molecule has 6 nitrogen and oxygen atoms in total. The number of thiophene rings is 1. The summed E-state index contributed by atoms with van der Waals surface area (Å²) < 4.78 is 5.25. The molecule has 0 fully saturated rings. The SMILES string of the molecule is COc1cccc(NC(=O)C(Sc2nc(N)c3c(C)c(C)sc3n2)c2ccccc2)c1. The molecular weight excluding hydrogens is 428 g/mol. The van der Waals surface area contributed by atoms with Crippen LogP contribution in [-0.2, 0) is 4.79 Å². The maximum absolute atomic E-state index is 13.3. The number of benzene rings is 2. The zero-order chi connectivity index (χ0) is 22.0. The quantitative estimate of drug-likeness (QED) is 0.303. The van der Waals surface area contributed by atoms with Gasteiger partial charge in [-0.3, -0.25) is 4.79 Å². The molecule has 8 heteroatoms. The summed E-state index contributed by atoms with van der Waals surface area (Å²) in [6.45, 7) is 4.07. The third-order valence-electron chi connectivity index (χ3n) is 4.94. The molecule has 2 aromatic carbocycles. The second-order valence-electron chi connectivity index (χ2n) is 6.98. The molecule has 4 aromatic rings. The molecule has 3 N–H and O–H groups in total. The van der Waals surface area contributed by atoms with Gasteiger partial charge in [-0.15, -0.1) is 11.3 Å². The highest BCUT2D eigenvalue weighted by Crippen LogP contribution is 2.38. The molecule has 31 heavy (non-hydrogen) atoms. The molecule has 158 valence electrons. The van der Waals surface area contributed by atoms with Gasteiger partial charge in [0.2, 0.25) is 5.91 Å². The Hall–Kier alpha value is -3.10. The van der Waals surface area contributed by atoms with E-state index >= 15 is 0 Å². The molecule has 0 bridgehead atoms. The first-order chi connectivity index (χ1) is 15.0. The third kappa shape index (κ3) is 4.50. The topological polar surface area (TPSA) is 90.1 Å². The fourth-order valence-corrected chi connectivity index (χ4v) is 5.29. The first kappa shape index (κ1) is 21.1. The Bertz CT molecular complexity index is 1240. The van der Waals surface area contributed by atoms with E-state index in [0.717, 1.165) is 26.2 Å². The van der Waals surface area contributed by atoms with Crippen molar-refractivity contribution in [1.82, 2.24) is 9.97 Å². The molecule has 1 atom stereocenters. The van der Waals surface area contributed by atoms with Crippen LogP contribution in [-0.4, -0.2) is 23.0 Å². The van der Waals surface area contributed by atoms with Crippen molar-refractivity contribution >= 4 is 50.7 Å². The molecular formula is C23H22N4O2S2. The molecule has 0 spiro atoms. The van der Waals surface area contributed by atoms with E-state index in [1.807, 2.05) is 62.4 Å². The largest absolute Gasteiger partial charge is 0.497 e. The first-order valence-electron chi connectivity index (χ1n) is 9.66. The molecule has 0 aliphatic rings. The molecule has 1 amide bonds. The summed E-state index contributed by atoms with van der Waals surface area (Å²) in [5, 5.41) is 3.79. The summed E-state index contributed by atoms with van der Waals surface area (Å²) in [5.41, 5.74) is 8.86. The van der Waals surface area contributed by atoms with Crippen molar-refractivity contribution in [1.29, 1.82) is 0 Å². The number of aromatic nitrogens is 2. The van der Waals surface area contributed by atoms with Crippen LogP contribution in [0.5, 0.6) is 5.75 Å². The molecule has 0 saturated heterocycles. The molecule has 0 aliphatic carbocycles. The lowest BCUT2D eigenvalue weighted by molar-refractivity contribution is -0.115. The van der Waals surface area contributed by atoms with Crippen LogP contribution in [0.15, 0.2) is 59.8 Å². The van der Waals surface area contributed by atoms with Crippen LogP contribution >= 0.6 is 23.1 Å². The molecule has 1 unspecified atom stereocenters. The minimum atomic E-state index is -0.550. The van der Waals surface area contributed by atoms with E-state index in [1.165, 1.54) is 11.8 Å². The molecule has 0 aliphatic heterocycles. The van der Waals surface area contributed by atoms with Gasteiger partial charge in [0.25, 0.3) is 0 Å². The summed E-state index contributed by atoms with van der Waals surface area (Å²) in [7, 11) is 1.59. The minimum Gasteiger partial charge on any atom is -0.497 e. The average Bonchev–Trinajstić information content (AvgIpc) is 3.06. The highest BCUT2D eigenvalue weighted by Gasteiger charge is 2.25. The maximum atomic E-state index is 13.3. The molecule has 4 rings (SSSR count). The molecule has 2 heterocycles. The summed E-state index contributed by atoms with van der Waals surface area (Å²) in [6, 6.07) is 16.8. The summed E-state index contributed by atoms with van der Waals surface area (Å²) >= 11 is 2.87. The number of hydrogen-bond donors (Lipinski definition) is 2. The van der Waals surface area contributed by atoms with Crippen molar-refractivity contribution < 1.29 is 9.53 Å². The number of nitrogens with two attached hydrogens (primary N) is 1. The van der Waals surface area contributed by atoms with E-state index in [1.54, 1.807) is 24.5 Å². The Balaban J connectivity index is 1.67. The number of nitrogens with one attached hydrogen (secondary N) is 1. The van der Waals surface area contributed by atoms with Gasteiger partial charge >= 0.3 is 0 Å². The van der Waals surface area contributed by atoms with Gasteiger partial charge in [-0.1, -0.05) is 48.2 Å². The van der Waals surface area contributed by atoms with Crippen LogP contribution in [0.2, 0.25) is 0 Å². The van der Waals surface area contributed by atoms with Crippen molar-refractivity contribution in [2.45, 2.75) is 24.3 Å². The van der Waals surface area contributed by atoms with E-state index in [0.29, 0.717) is 22.4 Å². The third-order valence-corrected chi connectivity index (χ3v) is 7.15. The van der Waals surface area contributed by atoms with Gasteiger partial charge in [-0.2, -0.15) is 0 Å². The summed E-state index contributed by atoms with van der Waals surface area (Å²) in [5.74, 6) is 0.936. The summed E-state index contributed by atoms with van der Waals surface area (Å²) in [4.78, 5) is 24.4. The van der Waals surface area contributed by atoms with Gasteiger partial charge < -0.3 is 15.8 Å². The van der Waals surface area contributed by atoms with Gasteiger partial charge in [0.1, 0.15) is 21.6 Å². The number of thioether (sulfide) groups is 1. The highest BCUT2D eigenvalue weighted by molar-refractivity contribution is 8.00. The Morgan fingerprint density at radius 3 is 2.65 bits per heavy atom. The number of carbonyl (C=O) groups excluding carboxylic acids is 1. The zero-order valence-electron chi connectivity index (χ0n) is 17.4. The molecule has 2 aromatic heterocycles. The number of nitrogens with zero attached hydrogens (tertiary/aromatic N) is 2. The van der Waals surface area contributed by atoms with Crippen LogP contribution in [0.4, 0.5) is 11.5 Å². The zero-order valence-corrected chi connectivity index (χ0v) is 19.0. The standard InChI is InChI=1S/C23H22N4O2S2/c1-13-14(2)30-22-18(13)20(24)26-23(27-22)31-19(15-8-5-4-6-9-15)21(28)25-16-10-7-11-17(12-16)29-3/h4-12,19H,1-3H3,(H,25,28)(H2,24,26,27). The Morgan fingerprint density at radius 2 is 1.90 bits per heavy atom. The minimum absolute atomic E-state index is 0.176. The number of anilines is 2. The fourth-order valence-electron chi connectivity index (χ4n) is 3.23. The number of aryl methyl sites for hydroxylation is 2. The lowest BCUT2D eigenvalue weighted by Crippen LogP contribution is -2.19. The molecule has 0 radical (unpaired) electrons. The van der Waals surface area contributed by atoms with Gasteiger partial charge in [0.05, 0.1) is 12.5 Å². The monoisotopic (exact) mass is 450 g/mol. The Kier molecular flexibility index (Phi) is 6.11. The van der Waals surface area contributed by atoms with E-state index in [2.05, 4.69) is 10.3 Å². The second kappa shape index (κ2) is 8.95. The van der Waals surface area contributed by atoms with E-state index in [4.69, 9.17) is 15.5 Å². The predicted octanol–water partition coefficient (Wildman–Crippen LogP) is 5.37. The van der Waals surface area contributed by atoms with Crippen molar-refractivity contribution in [3.8, 4) is 5.75 Å².